The molecule has 0 aromatic rings. The Hall–Kier alpha value is -1.71. The van der Waals surface area contributed by atoms with Crippen molar-refractivity contribution in [2.24, 2.45) is 11.8 Å². The summed E-state index contributed by atoms with van der Waals surface area (Å²) in [6.07, 6.45) is 4.04. The van der Waals surface area contributed by atoms with Crippen molar-refractivity contribution < 1.29 is 29.0 Å². The van der Waals surface area contributed by atoms with Crippen LogP contribution in [0.2, 0.25) is 0 Å². The van der Waals surface area contributed by atoms with Crippen molar-refractivity contribution in [2.45, 2.75) is 68.1 Å². The van der Waals surface area contributed by atoms with Gasteiger partial charge in [-0.25, -0.2) is 0 Å². The summed E-state index contributed by atoms with van der Waals surface area (Å²) >= 11 is 3.63. The minimum absolute atomic E-state index is 0.116. The number of nitrogens with zero attached hydrogens (tertiary/aromatic N) is 2. The number of esters is 1. The lowest BCUT2D eigenvalue weighted by atomic mass is 9.70. The van der Waals surface area contributed by atoms with E-state index >= 15 is 0 Å². The summed E-state index contributed by atoms with van der Waals surface area (Å²) in [6, 6.07) is -0.892. The van der Waals surface area contributed by atoms with Crippen LogP contribution in [0.5, 0.6) is 0 Å². The molecule has 0 aromatic carbocycles. The molecule has 3 unspecified atom stereocenters. The maximum atomic E-state index is 14.0. The molecule has 2 amide bonds. The number of amides is 2. The van der Waals surface area contributed by atoms with E-state index in [0.717, 1.165) is 0 Å². The Bertz CT molecular complexity index is 811. The van der Waals surface area contributed by atoms with Crippen molar-refractivity contribution >= 4 is 33.7 Å². The van der Waals surface area contributed by atoms with Gasteiger partial charge in [0.2, 0.25) is 11.8 Å². The molecule has 1 N–H and O–H groups in total. The lowest BCUT2D eigenvalue weighted by Gasteiger charge is -2.42. The zero-order valence-corrected chi connectivity index (χ0v) is 21.3. The monoisotopic (exact) mass is 526 g/mol. The molecular formula is C24H35BrN2O6. The van der Waals surface area contributed by atoms with Crippen molar-refractivity contribution in [3.05, 3.63) is 25.3 Å². The lowest BCUT2D eigenvalue weighted by molar-refractivity contribution is -0.155. The van der Waals surface area contributed by atoms with E-state index in [0.29, 0.717) is 25.8 Å². The predicted octanol–water partition coefficient (Wildman–Crippen LogP) is 2.05. The van der Waals surface area contributed by atoms with E-state index in [9.17, 15) is 19.5 Å². The molecule has 0 aliphatic carbocycles. The van der Waals surface area contributed by atoms with Crippen LogP contribution in [0.25, 0.3) is 0 Å². The maximum Gasteiger partial charge on any atom is 0.312 e. The van der Waals surface area contributed by atoms with Gasteiger partial charge in [-0.1, -0.05) is 28.1 Å². The zero-order valence-electron chi connectivity index (χ0n) is 19.7. The molecule has 184 valence electrons. The van der Waals surface area contributed by atoms with E-state index in [1.165, 1.54) is 4.90 Å². The van der Waals surface area contributed by atoms with Gasteiger partial charge < -0.3 is 24.4 Å². The fourth-order valence-electron chi connectivity index (χ4n) is 5.47. The molecule has 0 radical (unpaired) electrons. The Morgan fingerprint density at radius 2 is 2.06 bits per heavy atom. The summed E-state index contributed by atoms with van der Waals surface area (Å²) in [5.74, 6) is -2.61. The number of carbonyl (C=O) groups is 3. The topological polar surface area (TPSA) is 96.4 Å². The molecule has 0 saturated carbocycles. The van der Waals surface area contributed by atoms with Crippen LogP contribution >= 0.6 is 15.9 Å². The van der Waals surface area contributed by atoms with Crippen LogP contribution in [0.4, 0.5) is 0 Å². The number of ether oxygens (including phenoxy) is 2. The second kappa shape index (κ2) is 9.88. The van der Waals surface area contributed by atoms with Crippen LogP contribution in [0.3, 0.4) is 0 Å². The maximum absolute atomic E-state index is 14.0. The third-order valence-electron chi connectivity index (χ3n) is 6.81. The number of rotatable bonds is 10. The van der Waals surface area contributed by atoms with Crippen LogP contribution in [0.15, 0.2) is 25.3 Å². The number of halogens is 1. The number of carbonyl (C=O) groups excluding carboxylic acids is 3. The number of fused-ring (bicyclic) bond motifs is 1. The van der Waals surface area contributed by atoms with E-state index in [1.54, 1.807) is 17.1 Å². The Labute approximate surface area is 204 Å². The zero-order chi connectivity index (χ0) is 24.6. The minimum Gasteiger partial charge on any atom is -0.465 e. The molecule has 3 heterocycles. The summed E-state index contributed by atoms with van der Waals surface area (Å²) < 4.78 is 11.9. The van der Waals surface area contributed by atoms with Crippen LogP contribution in [0, 0.1) is 11.8 Å². The average Bonchev–Trinajstić information content (AvgIpc) is 3.32. The minimum atomic E-state index is -1.13. The second-order valence-corrected chi connectivity index (χ2v) is 11.1. The summed E-state index contributed by atoms with van der Waals surface area (Å²) in [5, 5.41) is 9.43. The van der Waals surface area contributed by atoms with Gasteiger partial charge in [0.25, 0.3) is 0 Å². The van der Waals surface area contributed by atoms with E-state index in [2.05, 4.69) is 29.1 Å². The molecule has 6 atom stereocenters. The third-order valence-corrected chi connectivity index (χ3v) is 7.65. The van der Waals surface area contributed by atoms with Crippen LogP contribution < -0.4 is 0 Å². The number of hydrogen-bond donors (Lipinski definition) is 1. The van der Waals surface area contributed by atoms with Crippen molar-refractivity contribution in [1.29, 1.82) is 0 Å². The standard InChI is InChI=1S/C24H35BrN2O6/c1-6-8-13-32-22(31)16-17-20(29)26(11-9-12-28)19(24(17)14-15(25)18(16)33-24)21(30)27(10-7-2)23(3,4)5/h6-7,15-19,28H,1-2,8-14H2,3-5H3/t15?,16-,17-,18-,19?,24?/m0/s1. The van der Waals surface area contributed by atoms with Gasteiger partial charge in [0.1, 0.15) is 11.6 Å². The van der Waals surface area contributed by atoms with Crippen molar-refractivity contribution in [2.75, 3.05) is 26.3 Å². The van der Waals surface area contributed by atoms with Gasteiger partial charge in [0.15, 0.2) is 0 Å². The highest BCUT2D eigenvalue weighted by Crippen LogP contribution is 2.60. The van der Waals surface area contributed by atoms with Crippen LogP contribution in [-0.4, -0.2) is 87.1 Å². The van der Waals surface area contributed by atoms with Gasteiger partial charge in [-0.3, -0.25) is 14.4 Å². The fraction of sp³-hybridized carbons (Fsp3) is 0.708. The van der Waals surface area contributed by atoms with Gasteiger partial charge >= 0.3 is 5.97 Å². The lowest BCUT2D eigenvalue weighted by Crippen LogP contribution is -2.60. The number of hydrogen-bond acceptors (Lipinski definition) is 6. The highest BCUT2D eigenvalue weighted by Gasteiger charge is 2.77. The number of aliphatic hydroxyl groups is 1. The Kier molecular flexibility index (Phi) is 7.75. The van der Waals surface area contributed by atoms with E-state index in [4.69, 9.17) is 9.47 Å². The smallest absolute Gasteiger partial charge is 0.312 e. The molecule has 3 saturated heterocycles. The molecule has 3 fully saturated rings. The van der Waals surface area contributed by atoms with Crippen molar-refractivity contribution in [1.82, 2.24) is 9.80 Å². The molecule has 8 nitrogen and oxygen atoms in total. The first-order valence-electron chi connectivity index (χ1n) is 11.5. The average molecular weight is 527 g/mol. The number of alkyl halides is 1. The summed E-state index contributed by atoms with van der Waals surface area (Å²) in [7, 11) is 0. The number of aliphatic hydroxyl groups excluding tert-OH is 1. The first-order valence-corrected chi connectivity index (χ1v) is 12.4. The van der Waals surface area contributed by atoms with Crippen molar-refractivity contribution in [3.8, 4) is 0 Å². The van der Waals surface area contributed by atoms with E-state index in [-0.39, 0.29) is 36.4 Å². The summed E-state index contributed by atoms with van der Waals surface area (Å²) in [5.41, 5.74) is -1.64. The first kappa shape index (κ1) is 25.9. The molecule has 3 aliphatic heterocycles. The molecule has 33 heavy (non-hydrogen) atoms. The van der Waals surface area contributed by atoms with Crippen molar-refractivity contribution in [3.63, 3.8) is 0 Å². The highest BCUT2D eigenvalue weighted by molar-refractivity contribution is 9.09. The van der Waals surface area contributed by atoms with Gasteiger partial charge in [-0.2, -0.15) is 0 Å². The molecule has 0 aromatic heterocycles. The molecule has 3 aliphatic rings. The van der Waals surface area contributed by atoms with Gasteiger partial charge in [0, 0.05) is 30.1 Å². The Balaban J connectivity index is 2.03. The molecule has 1 spiro atoms. The van der Waals surface area contributed by atoms with Gasteiger partial charge in [-0.15, -0.1) is 13.2 Å². The molecule has 3 rings (SSSR count). The molecular weight excluding hydrogens is 492 g/mol. The Morgan fingerprint density at radius 1 is 1.36 bits per heavy atom. The van der Waals surface area contributed by atoms with Gasteiger partial charge in [-0.05, 0) is 40.0 Å². The fourth-order valence-corrected chi connectivity index (χ4v) is 6.41. The SMILES string of the molecule is C=CCCOC(=O)[C@H]1[C@H]2C(=O)N(CCCO)C(C(=O)N(CC=C)C(C)(C)C)C23CC(Br)[C@@H]1O3. The number of likely N-dealkylation sites (tertiary alicyclic amines) is 1. The molecule has 2 bridgehead atoms. The van der Waals surface area contributed by atoms with Gasteiger partial charge in [0.05, 0.1) is 24.5 Å². The van der Waals surface area contributed by atoms with Crippen LogP contribution in [0.1, 0.15) is 40.0 Å². The largest absolute Gasteiger partial charge is 0.465 e. The summed E-state index contributed by atoms with van der Waals surface area (Å²) in [6.45, 7) is 13.8. The van der Waals surface area contributed by atoms with E-state index < -0.39 is 41.1 Å². The second-order valence-electron chi connectivity index (χ2n) is 9.93. The van der Waals surface area contributed by atoms with E-state index in [1.807, 2.05) is 20.8 Å². The normalized spacial score (nSPS) is 32.6. The first-order chi connectivity index (χ1) is 15.5. The Morgan fingerprint density at radius 3 is 2.64 bits per heavy atom. The predicted molar refractivity (Wildman–Crippen MR) is 127 cm³/mol. The molecule has 9 heteroatoms. The highest BCUT2D eigenvalue weighted by atomic mass is 79.9. The summed E-state index contributed by atoms with van der Waals surface area (Å²) in [4.78, 5) is 43.8. The third kappa shape index (κ3) is 4.39. The van der Waals surface area contributed by atoms with Crippen LogP contribution in [-0.2, 0) is 23.9 Å². The quantitative estimate of drug-likeness (QED) is 0.202.